The van der Waals surface area contributed by atoms with E-state index < -0.39 is 28.3 Å². The van der Waals surface area contributed by atoms with Crippen molar-refractivity contribution in [2.45, 2.75) is 24.7 Å². The highest BCUT2D eigenvalue weighted by Gasteiger charge is 2.16. The van der Waals surface area contributed by atoms with Crippen LogP contribution >= 0.6 is 0 Å². The molecule has 0 aliphatic carbocycles. The van der Waals surface area contributed by atoms with Gasteiger partial charge in [-0.3, -0.25) is 13.8 Å². The molecule has 1 N–H and O–H groups in total. The second-order valence-electron chi connectivity index (χ2n) is 3.95. The minimum Gasteiger partial charge on any atom is -0.481 e. The molecule has 6 nitrogen and oxygen atoms in total. The van der Waals surface area contributed by atoms with E-state index in [9.17, 15) is 18.0 Å². The highest BCUT2D eigenvalue weighted by molar-refractivity contribution is 7.86. The Labute approximate surface area is 111 Å². The van der Waals surface area contributed by atoms with Crippen molar-refractivity contribution in [2.75, 3.05) is 6.61 Å². The maximum atomic E-state index is 11.7. The molecule has 0 bridgehead atoms. The van der Waals surface area contributed by atoms with Gasteiger partial charge in [0.05, 0.1) is 11.5 Å². The summed E-state index contributed by atoms with van der Waals surface area (Å²) in [6, 6.07) is 6.07. The molecular weight excluding hydrogens is 272 g/mol. The number of aliphatic carboxylic acids is 1. The first kappa shape index (κ1) is 15.3. The first-order chi connectivity index (χ1) is 8.81. The van der Waals surface area contributed by atoms with Crippen LogP contribution in [-0.2, 0) is 23.9 Å². The standard InChI is InChI=1S/C12H14O6S/c1-9-2-4-11(5-3-9)19(16,17)18-7-6-10(13)8-12(14)15/h2-5H,6-8H2,1H3,(H,14,15). The normalized spacial score (nSPS) is 11.2. The maximum Gasteiger partial charge on any atom is 0.310 e. The molecule has 0 amide bonds. The van der Waals surface area contributed by atoms with Gasteiger partial charge in [-0.2, -0.15) is 8.42 Å². The highest BCUT2D eigenvalue weighted by atomic mass is 32.2. The van der Waals surface area contributed by atoms with Gasteiger partial charge in [-0.25, -0.2) is 0 Å². The smallest absolute Gasteiger partial charge is 0.310 e. The molecule has 1 aromatic rings. The lowest BCUT2D eigenvalue weighted by Crippen LogP contribution is -2.13. The Morgan fingerprint density at radius 2 is 1.79 bits per heavy atom. The Morgan fingerprint density at radius 3 is 2.32 bits per heavy atom. The van der Waals surface area contributed by atoms with Gasteiger partial charge in [0.25, 0.3) is 10.1 Å². The minimum absolute atomic E-state index is 0.00350. The molecule has 0 saturated carbocycles. The van der Waals surface area contributed by atoms with Gasteiger partial charge < -0.3 is 5.11 Å². The van der Waals surface area contributed by atoms with E-state index in [2.05, 4.69) is 4.18 Å². The number of aryl methyl sites for hydroxylation is 1. The number of carbonyl (C=O) groups is 2. The third-order valence-corrected chi connectivity index (χ3v) is 3.60. The molecule has 19 heavy (non-hydrogen) atoms. The topological polar surface area (TPSA) is 97.7 Å². The highest BCUT2D eigenvalue weighted by Crippen LogP contribution is 2.13. The van der Waals surface area contributed by atoms with Gasteiger partial charge in [-0.05, 0) is 19.1 Å². The Kier molecular flexibility index (Phi) is 5.20. The molecule has 0 heterocycles. The predicted octanol–water partition coefficient (Wildman–Crippen LogP) is 1.13. The van der Waals surface area contributed by atoms with Crippen LogP contribution in [0.1, 0.15) is 18.4 Å². The average molecular weight is 286 g/mol. The lowest BCUT2D eigenvalue weighted by atomic mass is 10.2. The van der Waals surface area contributed by atoms with E-state index in [4.69, 9.17) is 5.11 Å². The molecule has 0 saturated heterocycles. The molecule has 7 heteroatoms. The van der Waals surface area contributed by atoms with Crippen LogP contribution < -0.4 is 0 Å². The summed E-state index contributed by atoms with van der Waals surface area (Å²) in [6.45, 7) is 1.46. The van der Waals surface area contributed by atoms with Crippen molar-refractivity contribution < 1.29 is 27.3 Å². The third-order valence-electron chi connectivity index (χ3n) is 2.28. The van der Waals surface area contributed by atoms with Gasteiger partial charge in [0.2, 0.25) is 0 Å². The summed E-state index contributed by atoms with van der Waals surface area (Å²) in [7, 11) is -3.90. The van der Waals surface area contributed by atoms with Crippen LogP contribution in [0.25, 0.3) is 0 Å². The number of hydrogen-bond donors (Lipinski definition) is 1. The van der Waals surface area contributed by atoms with Gasteiger partial charge in [-0.15, -0.1) is 0 Å². The zero-order valence-corrected chi connectivity index (χ0v) is 11.1. The maximum absolute atomic E-state index is 11.7. The Hall–Kier alpha value is -1.73. The molecule has 1 aromatic carbocycles. The predicted molar refractivity (Wildman–Crippen MR) is 66.2 cm³/mol. The quantitative estimate of drug-likeness (QED) is 0.596. The molecule has 0 aromatic heterocycles. The molecule has 0 atom stereocenters. The van der Waals surface area contributed by atoms with Crippen molar-refractivity contribution >= 4 is 21.9 Å². The summed E-state index contributed by atoms with van der Waals surface area (Å²) in [4.78, 5) is 21.3. The van der Waals surface area contributed by atoms with Crippen molar-refractivity contribution in [3.63, 3.8) is 0 Å². The number of carbonyl (C=O) groups excluding carboxylic acids is 1. The van der Waals surface area contributed by atoms with Gasteiger partial charge in [0, 0.05) is 6.42 Å². The van der Waals surface area contributed by atoms with E-state index >= 15 is 0 Å². The summed E-state index contributed by atoms with van der Waals surface area (Å²) < 4.78 is 28.1. The second-order valence-corrected chi connectivity index (χ2v) is 5.56. The molecule has 1 rings (SSSR count). The van der Waals surface area contributed by atoms with E-state index in [1.165, 1.54) is 12.1 Å². The Bertz CT molecular complexity index is 558. The molecular formula is C12H14O6S. The van der Waals surface area contributed by atoms with E-state index in [0.717, 1.165) is 5.56 Å². The summed E-state index contributed by atoms with van der Waals surface area (Å²) in [5, 5.41) is 8.37. The van der Waals surface area contributed by atoms with Crippen molar-refractivity contribution in [1.29, 1.82) is 0 Å². The first-order valence-electron chi connectivity index (χ1n) is 5.51. The summed E-state index contributed by atoms with van der Waals surface area (Å²) in [5.41, 5.74) is 0.913. The van der Waals surface area contributed by atoms with Crippen molar-refractivity contribution in [2.24, 2.45) is 0 Å². The Balaban J connectivity index is 2.54. The Morgan fingerprint density at radius 1 is 1.21 bits per heavy atom. The molecule has 0 aliphatic rings. The zero-order valence-electron chi connectivity index (χ0n) is 10.3. The fourth-order valence-corrected chi connectivity index (χ4v) is 2.20. The first-order valence-corrected chi connectivity index (χ1v) is 6.91. The molecule has 0 unspecified atom stereocenters. The fraction of sp³-hybridized carbons (Fsp3) is 0.333. The largest absolute Gasteiger partial charge is 0.481 e. The summed E-state index contributed by atoms with van der Waals surface area (Å²) >= 11 is 0. The summed E-state index contributed by atoms with van der Waals surface area (Å²) in [6.07, 6.45) is -0.884. The van der Waals surface area contributed by atoms with E-state index in [1.54, 1.807) is 12.1 Å². The molecule has 0 radical (unpaired) electrons. The fourth-order valence-electron chi connectivity index (χ4n) is 1.30. The molecule has 0 aliphatic heterocycles. The average Bonchev–Trinajstić information content (AvgIpc) is 2.28. The number of carboxylic acids is 1. The number of rotatable bonds is 7. The minimum atomic E-state index is -3.90. The third kappa shape index (κ3) is 5.19. The van der Waals surface area contributed by atoms with Crippen LogP contribution in [0.5, 0.6) is 0 Å². The van der Waals surface area contributed by atoms with Crippen LogP contribution in [0, 0.1) is 6.92 Å². The van der Waals surface area contributed by atoms with Crippen LogP contribution in [0.4, 0.5) is 0 Å². The van der Waals surface area contributed by atoms with Crippen LogP contribution in [0.15, 0.2) is 29.2 Å². The van der Waals surface area contributed by atoms with Gasteiger partial charge in [0.1, 0.15) is 12.2 Å². The van der Waals surface area contributed by atoms with Crippen LogP contribution in [0.2, 0.25) is 0 Å². The molecule has 104 valence electrons. The number of benzene rings is 1. The number of carboxylic acid groups (broad SMARTS) is 1. The number of hydrogen-bond acceptors (Lipinski definition) is 5. The number of ketones is 1. The monoisotopic (exact) mass is 286 g/mol. The number of Topliss-reactive ketones (excluding diaryl/α,β-unsaturated/α-hetero) is 1. The van der Waals surface area contributed by atoms with Crippen molar-refractivity contribution in [3.05, 3.63) is 29.8 Å². The van der Waals surface area contributed by atoms with Crippen LogP contribution in [-0.4, -0.2) is 31.9 Å². The second kappa shape index (κ2) is 6.44. The van der Waals surface area contributed by atoms with Gasteiger partial charge in [-0.1, -0.05) is 17.7 Å². The SMILES string of the molecule is Cc1ccc(S(=O)(=O)OCCC(=O)CC(=O)O)cc1. The molecule has 0 fully saturated rings. The van der Waals surface area contributed by atoms with Crippen LogP contribution in [0.3, 0.4) is 0 Å². The lowest BCUT2D eigenvalue weighted by Gasteiger charge is -2.05. The van der Waals surface area contributed by atoms with Gasteiger partial charge in [0.15, 0.2) is 0 Å². The zero-order chi connectivity index (χ0) is 14.5. The van der Waals surface area contributed by atoms with E-state index in [-0.39, 0.29) is 17.9 Å². The lowest BCUT2D eigenvalue weighted by molar-refractivity contribution is -0.140. The van der Waals surface area contributed by atoms with Crippen molar-refractivity contribution in [3.8, 4) is 0 Å². The molecule has 0 spiro atoms. The van der Waals surface area contributed by atoms with E-state index in [1.807, 2.05) is 6.92 Å². The van der Waals surface area contributed by atoms with E-state index in [0.29, 0.717) is 0 Å². The van der Waals surface area contributed by atoms with Gasteiger partial charge >= 0.3 is 5.97 Å². The van der Waals surface area contributed by atoms with Crippen molar-refractivity contribution in [1.82, 2.24) is 0 Å². The summed E-state index contributed by atoms with van der Waals surface area (Å²) in [5.74, 6) is -1.82.